The first-order chi connectivity index (χ1) is 9.52. The highest BCUT2D eigenvalue weighted by Gasteiger charge is 2.12. The quantitative estimate of drug-likeness (QED) is 0.342. The molecule has 0 atom stereocenters. The Kier molecular flexibility index (Phi) is 4.41. The first-order valence-electron chi connectivity index (χ1n) is 5.64. The van der Waals surface area contributed by atoms with Crippen molar-refractivity contribution in [2.75, 3.05) is 5.32 Å². The van der Waals surface area contributed by atoms with Crippen molar-refractivity contribution in [2.45, 2.75) is 6.92 Å². The van der Waals surface area contributed by atoms with Gasteiger partial charge in [-0.3, -0.25) is 4.79 Å². The highest BCUT2D eigenvalue weighted by atomic mass is 79.9. The first-order valence-corrected chi connectivity index (χ1v) is 7.38. The number of carbonyl (C=O) groups excluding carboxylic acids is 1. The number of carbonyl (C=O) groups is 1. The summed E-state index contributed by atoms with van der Waals surface area (Å²) in [5, 5.41) is 18.1. The molecule has 1 aromatic heterocycles. The van der Waals surface area contributed by atoms with E-state index < -0.39 is 0 Å². The zero-order valence-corrected chi connectivity index (χ0v) is 13.0. The Balaban J connectivity index is 2.23. The van der Waals surface area contributed by atoms with Crippen molar-refractivity contribution in [3.8, 4) is 0 Å². The lowest BCUT2D eigenvalue weighted by atomic mass is 10.1. The topological polar surface area (TPSA) is 87.7 Å². The molecule has 1 heterocycles. The van der Waals surface area contributed by atoms with Crippen molar-refractivity contribution < 1.29 is 10.0 Å². The number of aryl methyl sites for hydroxylation is 1. The van der Waals surface area contributed by atoms with Crippen LogP contribution in [-0.4, -0.2) is 17.0 Å². The van der Waals surface area contributed by atoms with Gasteiger partial charge < -0.3 is 16.3 Å². The van der Waals surface area contributed by atoms with Gasteiger partial charge in [-0.25, -0.2) is 0 Å². The minimum absolute atomic E-state index is 0.0113. The second kappa shape index (κ2) is 6.06. The molecule has 0 saturated heterocycles. The van der Waals surface area contributed by atoms with Crippen molar-refractivity contribution in [1.82, 2.24) is 0 Å². The normalized spacial score (nSPS) is 11.4. The fraction of sp³-hybridized carbons (Fsp3) is 0.0769. The van der Waals surface area contributed by atoms with E-state index in [9.17, 15) is 4.79 Å². The number of anilines is 1. The molecule has 2 rings (SSSR count). The Morgan fingerprint density at radius 2 is 2.20 bits per heavy atom. The summed E-state index contributed by atoms with van der Waals surface area (Å²) in [6.45, 7) is 1.89. The van der Waals surface area contributed by atoms with Gasteiger partial charge in [-0.15, -0.1) is 0 Å². The summed E-state index contributed by atoms with van der Waals surface area (Å²) in [6.07, 6.45) is 0. The maximum Gasteiger partial charge on any atom is 0.256 e. The molecule has 0 bridgehead atoms. The number of hydrogen-bond donors (Lipinski definition) is 3. The van der Waals surface area contributed by atoms with Gasteiger partial charge >= 0.3 is 0 Å². The molecule has 0 spiro atoms. The van der Waals surface area contributed by atoms with E-state index in [1.54, 1.807) is 18.2 Å². The van der Waals surface area contributed by atoms with Crippen LogP contribution in [0.5, 0.6) is 0 Å². The van der Waals surface area contributed by atoms with Crippen molar-refractivity contribution in [3.63, 3.8) is 0 Å². The molecule has 104 valence electrons. The number of amides is 1. The fourth-order valence-corrected chi connectivity index (χ4v) is 2.92. The third-order valence-electron chi connectivity index (χ3n) is 2.72. The lowest BCUT2D eigenvalue weighted by Crippen LogP contribution is -2.15. The molecule has 7 heteroatoms. The maximum atomic E-state index is 12.1. The molecule has 5 nitrogen and oxygen atoms in total. The Bertz CT molecular complexity index is 682. The number of nitrogens with one attached hydrogen (secondary N) is 1. The zero-order valence-electron chi connectivity index (χ0n) is 10.6. The van der Waals surface area contributed by atoms with Gasteiger partial charge in [-0.05, 0) is 52.0 Å². The molecule has 1 amide bonds. The molecular weight excluding hydrogens is 342 g/mol. The van der Waals surface area contributed by atoms with Crippen LogP contribution < -0.4 is 11.1 Å². The Morgan fingerprint density at radius 1 is 1.45 bits per heavy atom. The predicted molar refractivity (Wildman–Crippen MR) is 83.7 cm³/mol. The van der Waals surface area contributed by atoms with Gasteiger partial charge in [-0.2, -0.15) is 11.3 Å². The molecule has 0 aliphatic carbocycles. The summed E-state index contributed by atoms with van der Waals surface area (Å²) < 4.78 is 0.655. The van der Waals surface area contributed by atoms with Crippen LogP contribution in [0.15, 0.2) is 38.6 Å². The van der Waals surface area contributed by atoms with Gasteiger partial charge in [0.15, 0.2) is 5.84 Å². The van der Waals surface area contributed by atoms with E-state index >= 15 is 0 Å². The van der Waals surface area contributed by atoms with Crippen LogP contribution in [0.3, 0.4) is 0 Å². The van der Waals surface area contributed by atoms with E-state index in [-0.39, 0.29) is 11.7 Å². The van der Waals surface area contributed by atoms with Gasteiger partial charge in [0.1, 0.15) is 0 Å². The van der Waals surface area contributed by atoms with Crippen LogP contribution in [0, 0.1) is 6.92 Å². The Hall–Kier alpha value is -1.86. The number of halogens is 1. The number of oxime groups is 1. The predicted octanol–water partition coefficient (Wildman–Crippen LogP) is 3.17. The van der Waals surface area contributed by atoms with Gasteiger partial charge in [-0.1, -0.05) is 5.16 Å². The number of nitrogens with zero attached hydrogens (tertiary/aromatic N) is 1. The number of hydrogen-bond acceptors (Lipinski definition) is 4. The number of nitrogens with two attached hydrogens (primary N) is 1. The maximum absolute atomic E-state index is 12.1. The average molecular weight is 354 g/mol. The minimum atomic E-state index is -0.166. The van der Waals surface area contributed by atoms with E-state index in [2.05, 4.69) is 26.4 Å². The molecule has 0 unspecified atom stereocenters. The summed E-state index contributed by atoms with van der Waals surface area (Å²) >= 11 is 4.84. The summed E-state index contributed by atoms with van der Waals surface area (Å²) in [4.78, 5) is 12.1. The molecule has 20 heavy (non-hydrogen) atoms. The smallest absolute Gasteiger partial charge is 0.256 e. The number of amidine groups is 1. The highest BCUT2D eigenvalue weighted by Crippen LogP contribution is 2.25. The number of rotatable bonds is 3. The third kappa shape index (κ3) is 3.00. The molecule has 1 aromatic carbocycles. The summed E-state index contributed by atoms with van der Waals surface area (Å²) in [7, 11) is 0. The van der Waals surface area contributed by atoms with Crippen LogP contribution in [0.2, 0.25) is 0 Å². The van der Waals surface area contributed by atoms with Crippen LogP contribution in [0.25, 0.3) is 0 Å². The molecule has 2 aromatic rings. The van der Waals surface area contributed by atoms with Crippen LogP contribution in [0.4, 0.5) is 5.69 Å². The number of thiophene rings is 1. The third-order valence-corrected chi connectivity index (χ3v) is 4.24. The van der Waals surface area contributed by atoms with E-state index in [0.29, 0.717) is 21.3 Å². The standard InChI is InChI=1S/C13H12BrN3O2S/c1-7-5-20-6-9(7)13(18)16-11-3-2-8(4-10(11)14)12(15)17-19/h2-6,19H,1H3,(H2,15,17)(H,16,18). The van der Waals surface area contributed by atoms with E-state index in [1.807, 2.05) is 17.7 Å². The molecule has 4 N–H and O–H groups in total. The van der Waals surface area contributed by atoms with Gasteiger partial charge in [0.25, 0.3) is 5.91 Å². The fourth-order valence-electron chi connectivity index (χ4n) is 1.62. The van der Waals surface area contributed by atoms with Crippen molar-refractivity contribution in [3.05, 3.63) is 50.1 Å². The monoisotopic (exact) mass is 353 g/mol. The Morgan fingerprint density at radius 3 is 2.75 bits per heavy atom. The van der Waals surface area contributed by atoms with Gasteiger partial charge in [0.05, 0.1) is 11.3 Å². The highest BCUT2D eigenvalue weighted by molar-refractivity contribution is 9.10. The lowest BCUT2D eigenvalue weighted by Gasteiger charge is -2.08. The van der Waals surface area contributed by atoms with E-state index in [4.69, 9.17) is 10.9 Å². The summed E-state index contributed by atoms with van der Waals surface area (Å²) in [5.41, 5.74) is 8.28. The van der Waals surface area contributed by atoms with E-state index in [1.165, 1.54) is 11.3 Å². The average Bonchev–Trinajstić information content (AvgIpc) is 2.86. The molecule has 0 saturated carbocycles. The first kappa shape index (κ1) is 14.5. The van der Waals surface area contributed by atoms with Crippen LogP contribution in [0.1, 0.15) is 21.5 Å². The lowest BCUT2D eigenvalue weighted by molar-refractivity contribution is 0.102. The van der Waals surface area contributed by atoms with Crippen molar-refractivity contribution >= 4 is 44.7 Å². The largest absolute Gasteiger partial charge is 0.409 e. The summed E-state index contributed by atoms with van der Waals surface area (Å²) in [5.74, 6) is -0.154. The Labute approximate surface area is 128 Å². The summed E-state index contributed by atoms with van der Waals surface area (Å²) in [6, 6.07) is 5.03. The van der Waals surface area contributed by atoms with Gasteiger partial charge in [0, 0.05) is 15.4 Å². The van der Waals surface area contributed by atoms with Crippen LogP contribution >= 0.6 is 27.3 Å². The minimum Gasteiger partial charge on any atom is -0.409 e. The van der Waals surface area contributed by atoms with Crippen molar-refractivity contribution in [2.24, 2.45) is 10.9 Å². The molecule has 0 fully saturated rings. The molecular formula is C13H12BrN3O2S. The van der Waals surface area contributed by atoms with E-state index in [0.717, 1.165) is 5.56 Å². The SMILES string of the molecule is Cc1cscc1C(=O)Nc1ccc(/C(N)=N/O)cc1Br. The van der Waals surface area contributed by atoms with Crippen molar-refractivity contribution in [1.29, 1.82) is 0 Å². The second-order valence-corrected chi connectivity index (χ2v) is 5.70. The molecule has 0 aliphatic rings. The van der Waals surface area contributed by atoms with Gasteiger partial charge in [0.2, 0.25) is 0 Å². The zero-order chi connectivity index (χ0) is 14.7. The number of benzene rings is 1. The second-order valence-electron chi connectivity index (χ2n) is 4.10. The molecule has 0 aliphatic heterocycles. The van der Waals surface area contributed by atoms with Crippen LogP contribution in [-0.2, 0) is 0 Å². The molecule has 0 radical (unpaired) electrons.